The van der Waals surface area contributed by atoms with Crippen molar-refractivity contribution >= 4 is 11.5 Å². The zero-order valence-corrected chi connectivity index (χ0v) is 14.1. The van der Waals surface area contributed by atoms with Gasteiger partial charge in [-0.25, -0.2) is 13.9 Å². The van der Waals surface area contributed by atoms with Crippen LogP contribution >= 0.6 is 0 Å². The van der Waals surface area contributed by atoms with Crippen LogP contribution in [0, 0.1) is 23.1 Å². The molecule has 0 atom stereocenters. The molecule has 0 bridgehead atoms. The number of H-pyrrole nitrogens is 1. The molecule has 2 heterocycles. The smallest absolute Gasteiger partial charge is 0.173 e. The number of nitriles is 1. The molecule has 0 radical (unpaired) electrons. The summed E-state index contributed by atoms with van der Waals surface area (Å²) >= 11 is 0. The van der Waals surface area contributed by atoms with Crippen LogP contribution < -0.4 is 5.32 Å². The summed E-state index contributed by atoms with van der Waals surface area (Å²) in [5, 5.41) is 16.0. The minimum Gasteiger partial charge on any atom is -0.365 e. The third-order valence-electron chi connectivity index (χ3n) is 5.05. The van der Waals surface area contributed by atoms with Crippen molar-refractivity contribution in [1.29, 1.82) is 5.26 Å². The van der Waals surface area contributed by atoms with Crippen LogP contribution in [0.15, 0.2) is 30.5 Å². The number of anilines is 1. The van der Waals surface area contributed by atoms with Crippen LogP contribution in [0.3, 0.4) is 0 Å². The predicted molar refractivity (Wildman–Crippen MR) is 94.7 cm³/mol. The molecule has 3 aromatic rings. The summed E-state index contributed by atoms with van der Waals surface area (Å²) in [6.07, 6.45) is 6.30. The van der Waals surface area contributed by atoms with Gasteiger partial charge in [0, 0.05) is 17.8 Å². The molecule has 1 fully saturated rings. The number of fused-ring (bicyclic) bond motifs is 1. The number of aromatic amines is 1. The number of rotatable bonds is 3. The number of benzene rings is 1. The molecule has 0 saturated heterocycles. The molecule has 5 nitrogen and oxygen atoms in total. The first-order valence-corrected chi connectivity index (χ1v) is 8.68. The number of nitrogens with one attached hydrogen (secondary N) is 2. The van der Waals surface area contributed by atoms with E-state index >= 15 is 0 Å². The van der Waals surface area contributed by atoms with Crippen LogP contribution in [0.2, 0.25) is 0 Å². The van der Waals surface area contributed by atoms with Gasteiger partial charge in [-0.3, -0.25) is 5.10 Å². The number of halogens is 1. The van der Waals surface area contributed by atoms with E-state index in [0.29, 0.717) is 17.3 Å². The molecule has 0 aliphatic heterocycles. The Kier molecular flexibility index (Phi) is 3.92. The molecule has 0 spiro atoms. The molecule has 0 unspecified atom stereocenters. The lowest BCUT2D eigenvalue weighted by Crippen LogP contribution is -2.26. The fourth-order valence-electron chi connectivity index (χ4n) is 3.54. The van der Waals surface area contributed by atoms with Gasteiger partial charge >= 0.3 is 0 Å². The van der Waals surface area contributed by atoms with Gasteiger partial charge in [0.2, 0.25) is 0 Å². The maximum absolute atomic E-state index is 13.3. The Morgan fingerprint density at radius 3 is 2.64 bits per heavy atom. The fourth-order valence-corrected chi connectivity index (χ4v) is 3.54. The van der Waals surface area contributed by atoms with E-state index in [-0.39, 0.29) is 5.82 Å². The van der Waals surface area contributed by atoms with Crippen LogP contribution in [0.5, 0.6) is 0 Å². The van der Waals surface area contributed by atoms with Crippen molar-refractivity contribution in [2.45, 2.75) is 38.6 Å². The molecule has 1 saturated carbocycles. The molecule has 1 aliphatic rings. The minimum atomic E-state index is -0.276. The standard InChI is InChI=1S/C19H20FN5/c1-12-2-8-16(9-3-12)23-19-17(13-4-6-15(20)7-5-13)24-18-14(10-21)11-22-25(18)19/h4-7,11-12,16,22-23H,2-3,8-9H2,1H3. The molecule has 25 heavy (non-hydrogen) atoms. The van der Waals surface area contributed by atoms with E-state index in [9.17, 15) is 9.65 Å². The van der Waals surface area contributed by atoms with E-state index in [4.69, 9.17) is 0 Å². The Hall–Kier alpha value is -2.81. The van der Waals surface area contributed by atoms with Gasteiger partial charge in [0.25, 0.3) is 0 Å². The summed E-state index contributed by atoms with van der Waals surface area (Å²) in [6.45, 7) is 2.29. The quantitative estimate of drug-likeness (QED) is 0.747. The van der Waals surface area contributed by atoms with Crippen LogP contribution in [0.4, 0.5) is 10.2 Å². The zero-order chi connectivity index (χ0) is 17.4. The van der Waals surface area contributed by atoms with Crippen molar-refractivity contribution in [3.8, 4) is 17.3 Å². The van der Waals surface area contributed by atoms with Crippen molar-refractivity contribution in [3.05, 3.63) is 41.8 Å². The molecule has 1 aromatic carbocycles. The average molecular weight is 337 g/mol. The van der Waals surface area contributed by atoms with Crippen molar-refractivity contribution in [2.24, 2.45) is 5.92 Å². The SMILES string of the molecule is CC1CCC(Nc2c(-c3ccc(F)cc3)nc3c(C#N)c[nH]n23)CC1. The van der Waals surface area contributed by atoms with E-state index in [1.807, 2.05) is 4.52 Å². The van der Waals surface area contributed by atoms with Crippen molar-refractivity contribution in [2.75, 3.05) is 5.32 Å². The summed E-state index contributed by atoms with van der Waals surface area (Å²) < 4.78 is 15.1. The number of imidazole rings is 1. The molecule has 128 valence electrons. The highest BCUT2D eigenvalue weighted by molar-refractivity contribution is 5.78. The molecular formula is C19H20FN5. The summed E-state index contributed by atoms with van der Waals surface area (Å²) in [4.78, 5) is 4.65. The van der Waals surface area contributed by atoms with E-state index < -0.39 is 0 Å². The monoisotopic (exact) mass is 337 g/mol. The molecule has 2 N–H and O–H groups in total. The van der Waals surface area contributed by atoms with Gasteiger partial charge in [0.1, 0.15) is 23.1 Å². The van der Waals surface area contributed by atoms with E-state index in [2.05, 4.69) is 28.4 Å². The lowest BCUT2D eigenvalue weighted by Gasteiger charge is -2.27. The van der Waals surface area contributed by atoms with Crippen molar-refractivity contribution < 1.29 is 4.39 Å². The van der Waals surface area contributed by atoms with Gasteiger partial charge in [0.05, 0.1) is 0 Å². The molecular weight excluding hydrogens is 317 g/mol. The van der Waals surface area contributed by atoms with Gasteiger partial charge in [-0.15, -0.1) is 0 Å². The van der Waals surface area contributed by atoms with Crippen LogP contribution in [-0.4, -0.2) is 20.6 Å². The van der Waals surface area contributed by atoms with Crippen LogP contribution in [-0.2, 0) is 0 Å². The summed E-state index contributed by atoms with van der Waals surface area (Å²) in [7, 11) is 0. The van der Waals surface area contributed by atoms with E-state index in [1.54, 1.807) is 18.3 Å². The zero-order valence-electron chi connectivity index (χ0n) is 14.1. The molecule has 2 aromatic heterocycles. The highest BCUT2D eigenvalue weighted by Gasteiger charge is 2.23. The average Bonchev–Trinajstić information content (AvgIpc) is 3.17. The maximum Gasteiger partial charge on any atom is 0.173 e. The molecule has 4 rings (SSSR count). The Balaban J connectivity index is 1.77. The van der Waals surface area contributed by atoms with E-state index in [0.717, 1.165) is 35.8 Å². The van der Waals surface area contributed by atoms with Crippen LogP contribution in [0.25, 0.3) is 16.9 Å². The van der Waals surface area contributed by atoms with E-state index in [1.165, 1.54) is 25.0 Å². The third kappa shape index (κ3) is 2.86. The first-order valence-electron chi connectivity index (χ1n) is 8.68. The fraction of sp³-hybridized carbons (Fsp3) is 0.368. The Morgan fingerprint density at radius 1 is 1.24 bits per heavy atom. The second-order valence-corrected chi connectivity index (χ2v) is 6.87. The summed E-state index contributed by atoms with van der Waals surface area (Å²) in [6, 6.07) is 8.84. The Morgan fingerprint density at radius 2 is 1.96 bits per heavy atom. The lowest BCUT2D eigenvalue weighted by atomic mass is 9.87. The predicted octanol–water partition coefficient (Wildman–Crippen LogP) is 4.33. The summed E-state index contributed by atoms with van der Waals surface area (Å²) in [5.41, 5.74) is 2.65. The second kappa shape index (κ2) is 6.25. The van der Waals surface area contributed by atoms with Gasteiger partial charge in [0.15, 0.2) is 11.5 Å². The number of hydrogen-bond acceptors (Lipinski definition) is 3. The molecule has 0 amide bonds. The number of hydrogen-bond donors (Lipinski definition) is 2. The van der Waals surface area contributed by atoms with Crippen molar-refractivity contribution in [3.63, 3.8) is 0 Å². The largest absolute Gasteiger partial charge is 0.365 e. The van der Waals surface area contributed by atoms with Gasteiger partial charge < -0.3 is 5.32 Å². The van der Waals surface area contributed by atoms with Gasteiger partial charge in [-0.2, -0.15) is 5.26 Å². The van der Waals surface area contributed by atoms with Crippen LogP contribution in [0.1, 0.15) is 38.2 Å². The third-order valence-corrected chi connectivity index (χ3v) is 5.05. The van der Waals surface area contributed by atoms with Crippen molar-refractivity contribution in [1.82, 2.24) is 14.6 Å². The topological polar surface area (TPSA) is 68.9 Å². The minimum absolute atomic E-state index is 0.276. The normalized spacial score (nSPS) is 20.5. The first kappa shape index (κ1) is 15.7. The first-order chi connectivity index (χ1) is 12.2. The highest BCUT2D eigenvalue weighted by Crippen LogP contribution is 2.33. The number of nitrogens with zero attached hydrogens (tertiary/aromatic N) is 3. The summed E-state index contributed by atoms with van der Waals surface area (Å²) in [5.74, 6) is 1.33. The van der Waals surface area contributed by atoms with Gasteiger partial charge in [-0.05, 0) is 55.9 Å². The lowest BCUT2D eigenvalue weighted by molar-refractivity contribution is 0.360. The number of aromatic nitrogens is 3. The Bertz CT molecular complexity index is 923. The maximum atomic E-state index is 13.3. The van der Waals surface area contributed by atoms with Gasteiger partial charge in [-0.1, -0.05) is 6.92 Å². The molecule has 1 aliphatic carbocycles. The Labute approximate surface area is 145 Å². The highest BCUT2D eigenvalue weighted by atomic mass is 19.1. The second-order valence-electron chi connectivity index (χ2n) is 6.87. The molecule has 6 heteroatoms.